The molecule has 0 aliphatic heterocycles. The smallest absolute Gasteiger partial charge is 0.311 e. The summed E-state index contributed by atoms with van der Waals surface area (Å²) in [6.45, 7) is 4.41. The van der Waals surface area contributed by atoms with Crippen molar-refractivity contribution in [1.82, 2.24) is 4.98 Å². The predicted molar refractivity (Wildman–Crippen MR) is 70.6 cm³/mol. The monoisotopic (exact) mass is 249 g/mol. The van der Waals surface area contributed by atoms with Crippen LogP contribution >= 0.6 is 0 Å². The summed E-state index contributed by atoms with van der Waals surface area (Å²) in [4.78, 5) is 14.7. The zero-order valence-electron chi connectivity index (χ0n) is 10.8. The summed E-state index contributed by atoms with van der Waals surface area (Å²) in [6.07, 6.45) is 6.18. The zero-order valence-corrected chi connectivity index (χ0v) is 10.8. The number of rotatable bonds is 3. The van der Waals surface area contributed by atoms with E-state index >= 15 is 0 Å². The van der Waals surface area contributed by atoms with Crippen molar-refractivity contribution in [1.29, 1.82) is 0 Å². The summed E-state index contributed by atoms with van der Waals surface area (Å²) in [5.41, 5.74) is 0.211. The van der Waals surface area contributed by atoms with E-state index in [0.29, 0.717) is 5.82 Å². The van der Waals surface area contributed by atoms with Crippen LogP contribution in [0.2, 0.25) is 0 Å². The van der Waals surface area contributed by atoms with Gasteiger partial charge in [-0.15, -0.1) is 0 Å². The van der Waals surface area contributed by atoms with Crippen LogP contribution in [0.15, 0.2) is 18.3 Å². The van der Waals surface area contributed by atoms with Crippen molar-refractivity contribution >= 4 is 11.5 Å². The largest absolute Gasteiger partial charge is 0.361 e. The van der Waals surface area contributed by atoms with E-state index in [-0.39, 0.29) is 22.1 Å². The molecule has 5 nitrogen and oxygen atoms in total. The van der Waals surface area contributed by atoms with Gasteiger partial charge in [0.05, 0.1) is 4.92 Å². The van der Waals surface area contributed by atoms with Crippen LogP contribution in [-0.2, 0) is 0 Å². The van der Waals surface area contributed by atoms with Crippen LogP contribution in [-0.4, -0.2) is 15.9 Å². The Morgan fingerprint density at radius 2 is 2.28 bits per heavy atom. The first-order valence-corrected chi connectivity index (χ1v) is 6.37. The maximum atomic E-state index is 11.0. The topological polar surface area (TPSA) is 68.1 Å². The molecule has 0 bridgehead atoms. The van der Waals surface area contributed by atoms with Crippen molar-refractivity contribution in [2.24, 2.45) is 5.41 Å². The molecule has 1 aliphatic carbocycles. The zero-order chi connectivity index (χ0) is 13.2. The Bertz CT molecular complexity index is 446. The molecule has 18 heavy (non-hydrogen) atoms. The maximum Gasteiger partial charge on any atom is 0.311 e. The van der Waals surface area contributed by atoms with Crippen molar-refractivity contribution in [3.05, 3.63) is 28.4 Å². The number of anilines is 1. The molecule has 1 fully saturated rings. The lowest BCUT2D eigenvalue weighted by molar-refractivity contribution is -0.384. The number of pyridine rings is 1. The number of aromatic nitrogens is 1. The third-order valence-electron chi connectivity index (χ3n) is 3.80. The molecule has 0 saturated heterocycles. The highest BCUT2D eigenvalue weighted by Gasteiger charge is 2.33. The third kappa shape index (κ3) is 2.60. The van der Waals surface area contributed by atoms with Gasteiger partial charge in [-0.3, -0.25) is 10.1 Å². The first kappa shape index (κ1) is 12.8. The van der Waals surface area contributed by atoms with E-state index in [0.717, 1.165) is 12.8 Å². The molecular weight excluding hydrogens is 230 g/mol. The third-order valence-corrected chi connectivity index (χ3v) is 3.80. The van der Waals surface area contributed by atoms with Crippen molar-refractivity contribution in [3.8, 4) is 0 Å². The fourth-order valence-electron chi connectivity index (χ4n) is 2.58. The lowest BCUT2D eigenvalue weighted by atomic mass is 9.73. The molecule has 2 rings (SSSR count). The molecule has 1 aromatic heterocycles. The second-order valence-corrected chi connectivity index (χ2v) is 5.56. The lowest BCUT2D eigenvalue weighted by Crippen LogP contribution is -2.39. The molecule has 0 aromatic carbocycles. The van der Waals surface area contributed by atoms with Crippen molar-refractivity contribution in [2.75, 3.05) is 5.32 Å². The van der Waals surface area contributed by atoms with Gasteiger partial charge in [-0.2, -0.15) is 0 Å². The van der Waals surface area contributed by atoms with Gasteiger partial charge in [-0.05, 0) is 24.3 Å². The van der Waals surface area contributed by atoms with Crippen LogP contribution in [0.3, 0.4) is 0 Å². The molecule has 0 spiro atoms. The minimum Gasteiger partial charge on any atom is -0.361 e. The van der Waals surface area contributed by atoms with Gasteiger partial charge in [0, 0.05) is 18.3 Å². The van der Waals surface area contributed by atoms with Gasteiger partial charge in [0.2, 0.25) is 5.82 Å². The molecule has 1 aliphatic rings. The predicted octanol–water partition coefficient (Wildman–Crippen LogP) is 3.37. The van der Waals surface area contributed by atoms with Crippen molar-refractivity contribution < 1.29 is 4.92 Å². The van der Waals surface area contributed by atoms with E-state index in [1.165, 1.54) is 18.9 Å². The number of nitrogens with zero attached hydrogens (tertiary/aromatic N) is 2. The minimum absolute atomic E-state index is 0.0545. The Balaban J connectivity index is 2.21. The van der Waals surface area contributed by atoms with E-state index in [2.05, 4.69) is 24.1 Å². The molecule has 1 aromatic rings. The van der Waals surface area contributed by atoms with Crippen LogP contribution < -0.4 is 5.32 Å². The number of nitro groups is 1. The molecular formula is C13H19N3O2. The van der Waals surface area contributed by atoms with Crippen molar-refractivity contribution in [2.45, 2.75) is 45.6 Å². The van der Waals surface area contributed by atoms with E-state index in [1.807, 2.05) is 0 Å². The Labute approximate surface area is 107 Å². The van der Waals surface area contributed by atoms with Crippen LogP contribution in [0.25, 0.3) is 0 Å². The Kier molecular flexibility index (Phi) is 3.50. The van der Waals surface area contributed by atoms with Gasteiger partial charge in [-0.25, -0.2) is 4.98 Å². The first-order valence-electron chi connectivity index (χ1n) is 6.37. The number of hydrogen-bond acceptors (Lipinski definition) is 4. The van der Waals surface area contributed by atoms with E-state index in [9.17, 15) is 10.1 Å². The summed E-state index contributed by atoms with van der Waals surface area (Å²) < 4.78 is 0. The molecule has 0 radical (unpaired) electrons. The lowest BCUT2D eigenvalue weighted by Gasteiger charge is -2.39. The molecule has 5 heteroatoms. The summed E-state index contributed by atoms with van der Waals surface area (Å²) >= 11 is 0. The average Bonchev–Trinajstić information content (AvgIpc) is 2.32. The van der Waals surface area contributed by atoms with Gasteiger partial charge >= 0.3 is 5.69 Å². The van der Waals surface area contributed by atoms with Gasteiger partial charge in [0.15, 0.2) is 0 Å². The van der Waals surface area contributed by atoms with E-state index in [4.69, 9.17) is 0 Å². The van der Waals surface area contributed by atoms with Gasteiger partial charge < -0.3 is 5.32 Å². The Morgan fingerprint density at radius 1 is 1.50 bits per heavy atom. The van der Waals surface area contributed by atoms with Crippen LogP contribution in [0.1, 0.15) is 39.5 Å². The fourth-order valence-corrected chi connectivity index (χ4v) is 2.58. The summed E-state index contributed by atoms with van der Waals surface area (Å²) in [7, 11) is 0. The quantitative estimate of drug-likeness (QED) is 0.658. The highest BCUT2D eigenvalue weighted by atomic mass is 16.6. The number of nitrogens with one attached hydrogen (secondary N) is 1. The minimum atomic E-state index is -0.384. The molecule has 1 saturated carbocycles. The first-order chi connectivity index (χ1) is 8.50. The maximum absolute atomic E-state index is 11.0. The molecule has 1 unspecified atom stereocenters. The Hall–Kier alpha value is -1.65. The van der Waals surface area contributed by atoms with Crippen LogP contribution in [0, 0.1) is 15.5 Å². The summed E-state index contributed by atoms with van der Waals surface area (Å²) in [6, 6.07) is 3.33. The second-order valence-electron chi connectivity index (χ2n) is 5.56. The molecule has 98 valence electrons. The highest BCUT2D eigenvalue weighted by Crippen LogP contribution is 2.38. The van der Waals surface area contributed by atoms with Crippen LogP contribution in [0.5, 0.6) is 0 Å². The summed E-state index contributed by atoms with van der Waals surface area (Å²) in [5.74, 6) is 0.391. The van der Waals surface area contributed by atoms with Gasteiger partial charge in [0.25, 0.3) is 0 Å². The summed E-state index contributed by atoms with van der Waals surface area (Å²) in [5, 5.41) is 14.2. The average molecular weight is 249 g/mol. The molecule has 1 atom stereocenters. The normalized spacial score (nSPS) is 22.4. The fraction of sp³-hybridized carbons (Fsp3) is 0.615. The Morgan fingerprint density at radius 3 is 2.94 bits per heavy atom. The highest BCUT2D eigenvalue weighted by molar-refractivity contribution is 5.55. The van der Waals surface area contributed by atoms with Gasteiger partial charge in [-0.1, -0.05) is 26.7 Å². The van der Waals surface area contributed by atoms with Crippen LogP contribution in [0.4, 0.5) is 11.5 Å². The standard InChI is InChI=1S/C13H19N3O2/c1-13(2)8-4-3-7-11(13)15-12-10(16(17)18)6-5-9-14-12/h5-6,9,11H,3-4,7-8H2,1-2H3,(H,14,15). The van der Waals surface area contributed by atoms with E-state index < -0.39 is 0 Å². The van der Waals surface area contributed by atoms with E-state index in [1.54, 1.807) is 12.3 Å². The van der Waals surface area contributed by atoms with Crippen molar-refractivity contribution in [3.63, 3.8) is 0 Å². The molecule has 0 amide bonds. The van der Waals surface area contributed by atoms with Gasteiger partial charge in [0.1, 0.15) is 0 Å². The molecule has 1 heterocycles. The SMILES string of the molecule is CC1(C)CCCCC1Nc1ncccc1[N+](=O)[O-]. The molecule has 1 N–H and O–H groups in total. The number of hydrogen-bond donors (Lipinski definition) is 1. The second kappa shape index (κ2) is 4.92.